The molecule has 0 saturated carbocycles. The second-order valence-electron chi connectivity index (χ2n) is 4.58. The third-order valence-corrected chi connectivity index (χ3v) is 6.16. The van der Waals surface area contributed by atoms with Crippen molar-refractivity contribution in [3.05, 3.63) is 36.4 Å². The minimum Gasteiger partial charge on any atom is -0.282 e. The summed E-state index contributed by atoms with van der Waals surface area (Å²) in [4.78, 5) is -4.41. The quantitative estimate of drug-likeness (QED) is 0.467. The van der Waals surface area contributed by atoms with E-state index < -0.39 is 50.6 Å². The van der Waals surface area contributed by atoms with Gasteiger partial charge in [0.2, 0.25) is 0 Å². The molecule has 0 aliphatic heterocycles. The third-order valence-electron chi connectivity index (χ3n) is 3.10. The van der Waals surface area contributed by atoms with E-state index in [1.807, 2.05) is 0 Å². The van der Waals surface area contributed by atoms with Gasteiger partial charge in [0.05, 0.1) is 0 Å². The molecule has 0 aliphatic carbocycles. The van der Waals surface area contributed by atoms with Crippen molar-refractivity contribution < 1.29 is 38.9 Å². The molecule has 0 heterocycles. The molecule has 2 radical (unpaired) electrons. The van der Waals surface area contributed by atoms with Crippen molar-refractivity contribution in [2.45, 2.75) is 14.7 Å². The molecule has 0 aromatic heterocycles. The van der Waals surface area contributed by atoms with E-state index in [0.717, 1.165) is 12.1 Å². The van der Waals surface area contributed by atoms with Crippen LogP contribution < -0.4 is 0 Å². The fraction of sp³-hybridized carbons (Fsp3) is 0. The SMILES string of the molecule is C=Cc1c(S(=O)(=O)O)c(S(=O)(=O)O)c(S(=O)(=O)O)c2ccccc12.[Ca]. The minimum atomic E-state index is -5.48. The van der Waals surface area contributed by atoms with Crippen LogP contribution in [0.5, 0.6) is 0 Å². The van der Waals surface area contributed by atoms with E-state index in [9.17, 15) is 38.9 Å². The van der Waals surface area contributed by atoms with Gasteiger partial charge in [-0.3, -0.25) is 13.7 Å². The van der Waals surface area contributed by atoms with Gasteiger partial charge in [0.15, 0.2) is 0 Å². The first-order valence-corrected chi connectivity index (χ1v) is 10.3. The molecular formula is C12H10CaO9S3. The number of rotatable bonds is 4. The van der Waals surface area contributed by atoms with E-state index in [-0.39, 0.29) is 48.5 Å². The first-order chi connectivity index (χ1) is 10.8. The molecule has 0 fully saturated rings. The summed E-state index contributed by atoms with van der Waals surface area (Å²) >= 11 is 0. The summed E-state index contributed by atoms with van der Waals surface area (Å²) in [5.41, 5.74) is -0.451. The zero-order valence-corrected chi connectivity index (χ0v) is 17.0. The van der Waals surface area contributed by atoms with Gasteiger partial charge in [0.1, 0.15) is 14.7 Å². The number of hydrogen-bond acceptors (Lipinski definition) is 6. The van der Waals surface area contributed by atoms with E-state index in [2.05, 4.69) is 6.58 Å². The summed E-state index contributed by atoms with van der Waals surface area (Å²) in [7, 11) is -16.1. The molecule has 2 aromatic rings. The summed E-state index contributed by atoms with van der Waals surface area (Å²) in [5, 5.41) is -0.505. The average Bonchev–Trinajstić information content (AvgIpc) is 2.41. The van der Waals surface area contributed by atoms with Crippen molar-refractivity contribution >= 4 is 84.9 Å². The number of fused-ring (bicyclic) bond motifs is 1. The Hall–Kier alpha value is -0.570. The molecule has 2 rings (SSSR count). The summed E-state index contributed by atoms with van der Waals surface area (Å²) in [5.74, 6) is 0. The van der Waals surface area contributed by atoms with Crippen LogP contribution >= 0.6 is 0 Å². The zero-order valence-electron chi connectivity index (χ0n) is 12.3. The summed E-state index contributed by atoms with van der Waals surface area (Å²) in [6.45, 7) is 3.31. The Kier molecular flexibility index (Phi) is 6.48. The molecule has 2 aromatic carbocycles. The predicted molar refractivity (Wildman–Crippen MR) is 89.2 cm³/mol. The van der Waals surface area contributed by atoms with Gasteiger partial charge in [-0.25, -0.2) is 0 Å². The van der Waals surface area contributed by atoms with Crippen LogP contribution in [0, 0.1) is 0 Å². The fourth-order valence-corrected chi connectivity index (χ4v) is 5.95. The van der Waals surface area contributed by atoms with Crippen LogP contribution in [-0.2, 0) is 30.4 Å². The maximum Gasteiger partial charge on any atom is 0.297 e. The van der Waals surface area contributed by atoms with Crippen LogP contribution in [0.1, 0.15) is 5.56 Å². The van der Waals surface area contributed by atoms with E-state index in [1.165, 1.54) is 18.2 Å². The molecule has 132 valence electrons. The fourth-order valence-electron chi connectivity index (χ4n) is 2.34. The van der Waals surface area contributed by atoms with Gasteiger partial charge < -0.3 is 0 Å². The maximum absolute atomic E-state index is 11.7. The van der Waals surface area contributed by atoms with Crippen LogP contribution in [0.15, 0.2) is 45.5 Å². The van der Waals surface area contributed by atoms with Crippen LogP contribution in [0.2, 0.25) is 0 Å². The minimum absolute atomic E-state index is 0. The van der Waals surface area contributed by atoms with Gasteiger partial charge in [-0.15, -0.1) is 0 Å². The zero-order chi connectivity index (χ0) is 18.5. The van der Waals surface area contributed by atoms with Gasteiger partial charge in [-0.2, -0.15) is 25.3 Å². The Labute approximate surface area is 173 Å². The molecule has 0 amide bonds. The van der Waals surface area contributed by atoms with Gasteiger partial charge in [-0.05, 0) is 5.39 Å². The van der Waals surface area contributed by atoms with Crippen LogP contribution in [0.4, 0.5) is 0 Å². The van der Waals surface area contributed by atoms with Crippen molar-refractivity contribution in [2.24, 2.45) is 0 Å². The molecular weight excluding hydrogens is 424 g/mol. The predicted octanol–water partition coefficient (Wildman–Crippen LogP) is 0.842. The Bertz CT molecular complexity index is 1180. The molecule has 0 spiro atoms. The first-order valence-electron chi connectivity index (χ1n) is 5.93. The van der Waals surface area contributed by atoms with Gasteiger partial charge >= 0.3 is 0 Å². The van der Waals surface area contributed by atoms with Crippen molar-refractivity contribution in [2.75, 3.05) is 0 Å². The smallest absolute Gasteiger partial charge is 0.282 e. The van der Waals surface area contributed by atoms with Crippen molar-refractivity contribution in [1.29, 1.82) is 0 Å². The monoisotopic (exact) mass is 434 g/mol. The van der Waals surface area contributed by atoms with Crippen LogP contribution in [0.3, 0.4) is 0 Å². The Balaban J connectivity index is 0.00000312. The molecule has 0 aliphatic rings. The van der Waals surface area contributed by atoms with Gasteiger partial charge in [0.25, 0.3) is 30.4 Å². The van der Waals surface area contributed by atoms with E-state index in [4.69, 9.17) is 0 Å². The van der Waals surface area contributed by atoms with Crippen molar-refractivity contribution in [3.8, 4) is 0 Å². The molecule has 0 atom stereocenters. The molecule has 0 unspecified atom stereocenters. The molecule has 0 bridgehead atoms. The summed E-state index contributed by atoms with van der Waals surface area (Å²) in [6, 6.07) is 4.99. The van der Waals surface area contributed by atoms with Crippen LogP contribution in [0.25, 0.3) is 16.8 Å². The maximum atomic E-state index is 11.7. The largest absolute Gasteiger partial charge is 0.297 e. The number of hydrogen-bond donors (Lipinski definition) is 3. The Morgan fingerprint density at radius 2 is 1.12 bits per heavy atom. The van der Waals surface area contributed by atoms with Crippen LogP contribution in [-0.4, -0.2) is 76.6 Å². The molecule has 3 N–H and O–H groups in total. The standard InChI is InChI=1S/C12H10O9S3.Ca/c1-2-7-8-5-3-4-6-9(8)11(23(16,17)18)12(24(19,20)21)10(7)22(13,14)15;/h2-6H,1H2,(H,13,14,15)(H,16,17,18)(H,19,20,21);. The normalized spacial score (nSPS) is 12.6. The second-order valence-corrected chi connectivity index (χ2v) is 8.65. The topological polar surface area (TPSA) is 163 Å². The first kappa shape index (κ1) is 22.5. The van der Waals surface area contributed by atoms with Gasteiger partial charge in [0, 0.05) is 48.7 Å². The molecule has 9 nitrogen and oxygen atoms in total. The van der Waals surface area contributed by atoms with E-state index >= 15 is 0 Å². The average molecular weight is 434 g/mol. The van der Waals surface area contributed by atoms with Gasteiger partial charge in [-0.1, -0.05) is 36.9 Å². The Morgan fingerprint density at radius 1 is 0.720 bits per heavy atom. The molecule has 25 heavy (non-hydrogen) atoms. The molecule has 0 saturated heterocycles. The summed E-state index contributed by atoms with van der Waals surface area (Å²) in [6.07, 6.45) is 0.869. The Morgan fingerprint density at radius 3 is 1.48 bits per heavy atom. The van der Waals surface area contributed by atoms with Crippen molar-refractivity contribution in [3.63, 3.8) is 0 Å². The summed E-state index contributed by atoms with van der Waals surface area (Å²) < 4.78 is 98.0. The van der Waals surface area contributed by atoms with E-state index in [0.29, 0.717) is 0 Å². The van der Waals surface area contributed by atoms with E-state index in [1.54, 1.807) is 0 Å². The third kappa shape index (κ3) is 4.23. The number of benzene rings is 2. The molecule has 13 heteroatoms. The van der Waals surface area contributed by atoms with Crippen molar-refractivity contribution in [1.82, 2.24) is 0 Å². The second kappa shape index (κ2) is 7.21.